The fourth-order valence-corrected chi connectivity index (χ4v) is 4.73. The Balaban J connectivity index is 1.87. The average molecular weight is 449 g/mol. The van der Waals surface area contributed by atoms with Crippen LogP contribution in [0.1, 0.15) is 37.3 Å². The summed E-state index contributed by atoms with van der Waals surface area (Å²) in [5, 5.41) is 10.6. The lowest BCUT2D eigenvalue weighted by molar-refractivity contribution is -0.128. The quantitative estimate of drug-likeness (QED) is 0.519. The highest BCUT2D eigenvalue weighted by Gasteiger charge is 2.45. The fraction of sp³-hybridized carbons (Fsp3) is 0.318. The molecule has 7 heteroatoms. The minimum atomic E-state index is -0.993. The van der Waals surface area contributed by atoms with E-state index in [0.29, 0.717) is 20.8 Å². The van der Waals surface area contributed by atoms with Crippen molar-refractivity contribution in [1.82, 2.24) is 4.90 Å². The Morgan fingerprint density at radius 1 is 0.966 bits per heavy atom. The smallest absolute Gasteiger partial charge is 0.274 e. The number of nitrogens with zero attached hydrogens (tertiary/aromatic N) is 3. The molecule has 0 bridgehead atoms. The van der Waals surface area contributed by atoms with E-state index in [1.807, 2.05) is 30.0 Å². The van der Waals surface area contributed by atoms with Crippen molar-refractivity contribution in [1.29, 1.82) is 0 Å². The summed E-state index contributed by atoms with van der Waals surface area (Å²) >= 11 is 18.8. The van der Waals surface area contributed by atoms with Crippen molar-refractivity contribution in [2.24, 2.45) is 10.2 Å². The summed E-state index contributed by atoms with van der Waals surface area (Å²) < 4.78 is 0. The van der Waals surface area contributed by atoms with Gasteiger partial charge in [-0.2, -0.15) is 5.11 Å². The van der Waals surface area contributed by atoms with Gasteiger partial charge in [0.2, 0.25) is 0 Å². The summed E-state index contributed by atoms with van der Waals surface area (Å²) in [7, 11) is 0. The Labute approximate surface area is 185 Å². The first-order chi connectivity index (χ1) is 13.9. The molecule has 1 saturated heterocycles. The zero-order valence-corrected chi connectivity index (χ0v) is 18.2. The van der Waals surface area contributed by atoms with Gasteiger partial charge in [0.15, 0.2) is 11.2 Å². The number of likely N-dealkylation sites (tertiary alicyclic amines) is 1. The van der Waals surface area contributed by atoms with E-state index in [4.69, 9.17) is 34.8 Å². The molecule has 4 nitrogen and oxygen atoms in total. The molecule has 1 fully saturated rings. The molecule has 0 saturated carbocycles. The van der Waals surface area contributed by atoms with E-state index in [9.17, 15) is 4.79 Å². The van der Waals surface area contributed by atoms with Gasteiger partial charge in [0, 0.05) is 33.7 Å². The lowest BCUT2D eigenvalue weighted by Crippen LogP contribution is -2.37. The van der Waals surface area contributed by atoms with Crippen LogP contribution >= 0.6 is 34.8 Å². The van der Waals surface area contributed by atoms with Crippen molar-refractivity contribution >= 4 is 40.7 Å². The number of hydrogen-bond donors (Lipinski definition) is 0. The van der Waals surface area contributed by atoms with Gasteiger partial charge in [-0.25, -0.2) is 0 Å². The number of piperidine rings is 1. The largest absolute Gasteiger partial charge is 0.337 e. The summed E-state index contributed by atoms with van der Waals surface area (Å²) in [6.45, 7) is 3.40. The highest BCUT2D eigenvalue weighted by atomic mass is 35.5. The van der Waals surface area contributed by atoms with Crippen molar-refractivity contribution in [3.8, 4) is 0 Å². The zero-order chi connectivity index (χ0) is 20.6. The van der Waals surface area contributed by atoms with Crippen molar-refractivity contribution in [3.63, 3.8) is 0 Å². The zero-order valence-electron chi connectivity index (χ0n) is 16.0. The van der Waals surface area contributed by atoms with Crippen molar-refractivity contribution in [2.75, 3.05) is 13.1 Å². The molecule has 0 N–H and O–H groups in total. The number of azo groups is 1. The number of carbonyl (C=O) groups excluding carboxylic acids is 1. The number of carbonyl (C=O) groups is 1. The number of hydrogen-bond acceptors (Lipinski definition) is 3. The molecule has 2 aliphatic rings. The maximum absolute atomic E-state index is 13.2. The standard InChI is InChI=1S/C22H20Cl3N3O/c1-14-20(21(29)28-11-3-2-4-12-28)26-27-22(14,15-5-7-16(23)8-6-15)18-10-9-17(24)13-19(18)25/h5-10,13H,2-4,11-12H2,1H3. The van der Waals surface area contributed by atoms with Gasteiger partial charge in [0.1, 0.15) is 0 Å². The SMILES string of the molecule is CC1=C(C(=O)N2CCCCC2)N=NC1(c1ccc(Cl)cc1)c1ccc(Cl)cc1Cl. The van der Waals surface area contributed by atoms with E-state index in [0.717, 1.165) is 49.1 Å². The van der Waals surface area contributed by atoms with E-state index >= 15 is 0 Å². The number of halogens is 3. The van der Waals surface area contributed by atoms with Gasteiger partial charge >= 0.3 is 0 Å². The van der Waals surface area contributed by atoms with Crippen LogP contribution in [-0.4, -0.2) is 23.9 Å². The second kappa shape index (κ2) is 8.10. The van der Waals surface area contributed by atoms with Crippen LogP contribution in [0.4, 0.5) is 0 Å². The third kappa shape index (κ3) is 3.58. The van der Waals surface area contributed by atoms with Gasteiger partial charge < -0.3 is 4.90 Å². The minimum Gasteiger partial charge on any atom is -0.337 e. The Bertz CT molecular complexity index is 1010. The third-order valence-electron chi connectivity index (χ3n) is 5.63. The van der Waals surface area contributed by atoms with Gasteiger partial charge in [0.05, 0.1) is 0 Å². The molecule has 0 aromatic heterocycles. The molecule has 2 aliphatic heterocycles. The minimum absolute atomic E-state index is 0.0770. The fourth-order valence-electron chi connectivity index (χ4n) is 4.06. The van der Waals surface area contributed by atoms with Crippen molar-refractivity contribution < 1.29 is 4.79 Å². The molecule has 1 unspecified atom stereocenters. The molecule has 2 heterocycles. The van der Waals surface area contributed by atoms with Crippen molar-refractivity contribution in [3.05, 3.63) is 79.9 Å². The van der Waals surface area contributed by atoms with Gasteiger partial charge in [0.25, 0.3) is 5.91 Å². The van der Waals surface area contributed by atoms with Crippen molar-refractivity contribution in [2.45, 2.75) is 31.7 Å². The Morgan fingerprint density at radius 2 is 1.62 bits per heavy atom. The predicted molar refractivity (Wildman–Crippen MR) is 117 cm³/mol. The van der Waals surface area contributed by atoms with E-state index in [1.165, 1.54) is 0 Å². The summed E-state index contributed by atoms with van der Waals surface area (Å²) in [5.74, 6) is -0.0770. The van der Waals surface area contributed by atoms with Gasteiger partial charge in [-0.05, 0) is 61.6 Å². The normalized spacial score (nSPS) is 21.7. The van der Waals surface area contributed by atoms with Gasteiger partial charge in [-0.15, -0.1) is 5.11 Å². The topological polar surface area (TPSA) is 45.0 Å². The lowest BCUT2D eigenvalue weighted by Gasteiger charge is -2.30. The molecule has 0 radical (unpaired) electrons. The first-order valence-electron chi connectivity index (χ1n) is 9.58. The van der Waals surface area contributed by atoms with E-state index in [2.05, 4.69) is 10.2 Å². The van der Waals surface area contributed by atoms with Crippen LogP contribution < -0.4 is 0 Å². The Hall–Kier alpha value is -1.88. The maximum Gasteiger partial charge on any atom is 0.274 e. The van der Waals surface area contributed by atoms with E-state index < -0.39 is 5.54 Å². The molecular formula is C22H20Cl3N3O. The number of benzene rings is 2. The molecule has 0 aliphatic carbocycles. The first-order valence-corrected chi connectivity index (χ1v) is 10.7. The predicted octanol–water partition coefficient (Wildman–Crippen LogP) is 6.64. The summed E-state index contributed by atoms with van der Waals surface area (Å²) in [5.41, 5.74) is 1.71. The summed E-state index contributed by atoms with van der Waals surface area (Å²) in [6.07, 6.45) is 3.18. The molecule has 1 amide bonds. The Morgan fingerprint density at radius 3 is 2.28 bits per heavy atom. The highest BCUT2D eigenvalue weighted by molar-refractivity contribution is 6.35. The maximum atomic E-state index is 13.2. The van der Waals surface area contributed by atoms with Crippen LogP contribution in [0.15, 0.2) is 64.0 Å². The average Bonchev–Trinajstić information content (AvgIpc) is 3.06. The van der Waals surface area contributed by atoms with Crippen LogP contribution in [-0.2, 0) is 10.3 Å². The van der Waals surface area contributed by atoms with E-state index in [-0.39, 0.29) is 5.91 Å². The molecule has 1 atom stereocenters. The van der Waals surface area contributed by atoms with Crippen LogP contribution in [0.2, 0.25) is 15.1 Å². The number of rotatable bonds is 3. The molecule has 2 aromatic rings. The first kappa shape index (κ1) is 20.4. The lowest BCUT2D eigenvalue weighted by atomic mass is 9.77. The van der Waals surface area contributed by atoms with E-state index in [1.54, 1.807) is 24.3 Å². The molecule has 0 spiro atoms. The molecule has 2 aromatic carbocycles. The van der Waals surface area contributed by atoms with Crippen LogP contribution in [0.25, 0.3) is 0 Å². The second-order valence-corrected chi connectivity index (χ2v) is 8.65. The molecular weight excluding hydrogens is 429 g/mol. The molecule has 4 rings (SSSR count). The molecule has 150 valence electrons. The van der Waals surface area contributed by atoms with Gasteiger partial charge in [-0.3, -0.25) is 4.79 Å². The summed E-state index contributed by atoms with van der Waals surface area (Å²) in [4.78, 5) is 15.1. The third-order valence-corrected chi connectivity index (χ3v) is 6.43. The second-order valence-electron chi connectivity index (χ2n) is 7.37. The van der Waals surface area contributed by atoms with Gasteiger partial charge in [-0.1, -0.05) is 53.0 Å². The monoisotopic (exact) mass is 447 g/mol. The van der Waals surface area contributed by atoms with Crippen LogP contribution in [0.5, 0.6) is 0 Å². The number of amides is 1. The highest BCUT2D eigenvalue weighted by Crippen LogP contribution is 2.49. The summed E-state index contributed by atoms with van der Waals surface area (Å²) in [6, 6.07) is 12.7. The van der Waals surface area contributed by atoms with Crippen LogP contribution in [0, 0.1) is 0 Å². The molecule has 29 heavy (non-hydrogen) atoms. The van der Waals surface area contributed by atoms with Crippen LogP contribution in [0.3, 0.4) is 0 Å². The Kier molecular flexibility index (Phi) is 5.69.